The van der Waals surface area contributed by atoms with E-state index in [9.17, 15) is 0 Å². The van der Waals surface area contributed by atoms with E-state index in [4.69, 9.17) is 14.4 Å². The summed E-state index contributed by atoms with van der Waals surface area (Å²) in [4.78, 5) is 14.2. The first-order valence-corrected chi connectivity index (χ1v) is 1.75. The Morgan fingerprint density at radius 3 is 1.50 bits per heavy atom. The van der Waals surface area contributed by atoms with Gasteiger partial charge in [0.15, 0.2) is 0 Å². The molecule has 0 radical (unpaired) electrons. The average molecular weight is 81.0 g/mol. The van der Waals surface area contributed by atoms with Crippen molar-refractivity contribution in [2.75, 3.05) is 0 Å². The minimum absolute atomic E-state index is 2.87. The fourth-order valence-electron chi connectivity index (χ4n) is 0. The van der Waals surface area contributed by atoms with E-state index >= 15 is 0 Å². The predicted molar refractivity (Wildman–Crippen MR) is 12.0 cm³/mol. The lowest BCUT2D eigenvalue weighted by Gasteiger charge is -1.34. The summed E-state index contributed by atoms with van der Waals surface area (Å²) in [6, 6.07) is 0. The number of hydrogen-bond acceptors (Lipinski definition) is 1. The maximum Gasteiger partial charge on any atom is 0.692 e. The summed E-state index contributed by atoms with van der Waals surface area (Å²) in [7, 11) is -2.87. The second-order valence-corrected chi connectivity index (χ2v) is 0.758. The van der Waals surface area contributed by atoms with E-state index in [1.165, 1.54) is 0 Å². The monoisotopic (exact) mass is 81.0 g/mol. The molecule has 3 nitrogen and oxygen atoms in total. The highest BCUT2D eigenvalue weighted by molar-refractivity contribution is 7.30. The van der Waals surface area contributed by atoms with E-state index in [0.29, 0.717) is 0 Å². The minimum atomic E-state index is -2.87. The summed E-state index contributed by atoms with van der Waals surface area (Å²) < 4.78 is 8.70. The van der Waals surface area contributed by atoms with Crippen molar-refractivity contribution >= 4 is 8.25 Å². The van der Waals surface area contributed by atoms with Crippen molar-refractivity contribution in [1.82, 2.24) is 0 Å². The van der Waals surface area contributed by atoms with Crippen LogP contribution >= 0.6 is 8.25 Å². The van der Waals surface area contributed by atoms with E-state index < -0.39 is 8.25 Å². The van der Waals surface area contributed by atoms with Crippen molar-refractivity contribution in [1.29, 1.82) is 0 Å². The highest BCUT2D eigenvalue weighted by atomic mass is 31.1. The zero-order valence-electron chi connectivity index (χ0n) is 1.75. The summed E-state index contributed by atoms with van der Waals surface area (Å²) in [6.07, 6.45) is 0. The maximum absolute atomic E-state index is 8.70. The van der Waals surface area contributed by atoms with E-state index in [2.05, 4.69) is 0 Å². The van der Waals surface area contributed by atoms with Gasteiger partial charge < -0.3 is 0 Å². The van der Waals surface area contributed by atoms with Crippen LogP contribution in [-0.2, 0) is 4.57 Å². The summed E-state index contributed by atoms with van der Waals surface area (Å²) >= 11 is 0. The second-order valence-electron chi connectivity index (χ2n) is 0.253. The van der Waals surface area contributed by atoms with Crippen LogP contribution in [0.5, 0.6) is 0 Å². The molecule has 24 valence electrons. The molecule has 0 bridgehead atoms. The van der Waals surface area contributed by atoms with Crippen LogP contribution in [0, 0.1) is 0 Å². The highest BCUT2D eigenvalue weighted by Gasteiger charge is 1.93. The topological polar surface area (TPSA) is 57.5 Å². The first-order valence-electron chi connectivity index (χ1n) is 0.583. The SMILES string of the molecule is O=[P+](O)O. The molecule has 0 aromatic rings. The fourth-order valence-corrected chi connectivity index (χ4v) is 0. The molecule has 0 saturated heterocycles. The van der Waals surface area contributed by atoms with Gasteiger partial charge in [-0.05, 0) is 0 Å². The van der Waals surface area contributed by atoms with Crippen molar-refractivity contribution in [3.05, 3.63) is 0 Å². The molecule has 0 unspecified atom stereocenters. The summed E-state index contributed by atoms with van der Waals surface area (Å²) in [6.45, 7) is 0. The van der Waals surface area contributed by atoms with Gasteiger partial charge in [0.25, 0.3) is 0 Å². The first-order chi connectivity index (χ1) is 1.73. The molecule has 0 aliphatic carbocycles. The van der Waals surface area contributed by atoms with Gasteiger partial charge in [0.1, 0.15) is 0 Å². The van der Waals surface area contributed by atoms with Crippen molar-refractivity contribution < 1.29 is 14.4 Å². The zero-order chi connectivity index (χ0) is 3.58. The third-order valence-corrected chi connectivity index (χ3v) is 0. The fraction of sp³-hybridized carbons (Fsp3) is 0. The molecule has 0 fully saturated rings. The lowest BCUT2D eigenvalue weighted by atomic mass is 15.8. The standard InChI is InChI=1S/HO3P/c1-4(2)3/h(H-,1,2,3)/p+1. The van der Waals surface area contributed by atoms with Gasteiger partial charge in [0.2, 0.25) is 0 Å². The number of hydrogen-bond donors (Lipinski definition) is 2. The van der Waals surface area contributed by atoms with Gasteiger partial charge in [-0.3, -0.25) is 0 Å². The molecular formula is H2O3P+. The molecule has 0 amide bonds. The first kappa shape index (κ1) is 4.02. The van der Waals surface area contributed by atoms with Crippen LogP contribution in [0.2, 0.25) is 0 Å². The van der Waals surface area contributed by atoms with Crippen LogP contribution in [-0.4, -0.2) is 9.79 Å². The van der Waals surface area contributed by atoms with Crippen LogP contribution in [0.25, 0.3) is 0 Å². The second kappa shape index (κ2) is 1.35. The molecule has 0 aromatic carbocycles. The van der Waals surface area contributed by atoms with Crippen LogP contribution < -0.4 is 0 Å². The maximum atomic E-state index is 8.70. The van der Waals surface area contributed by atoms with Crippen molar-refractivity contribution in [3.8, 4) is 0 Å². The van der Waals surface area contributed by atoms with Crippen LogP contribution in [0.3, 0.4) is 0 Å². The molecular weight excluding hydrogens is 79.0 g/mol. The molecule has 4 heteroatoms. The van der Waals surface area contributed by atoms with Crippen molar-refractivity contribution in [2.24, 2.45) is 0 Å². The number of rotatable bonds is 0. The van der Waals surface area contributed by atoms with Crippen LogP contribution in [0.15, 0.2) is 0 Å². The van der Waals surface area contributed by atoms with E-state index in [-0.39, 0.29) is 0 Å². The van der Waals surface area contributed by atoms with Gasteiger partial charge in [0, 0.05) is 4.57 Å². The third kappa shape index (κ3) is 5250. The van der Waals surface area contributed by atoms with Gasteiger partial charge in [-0.15, -0.1) is 9.79 Å². The third-order valence-electron chi connectivity index (χ3n) is 0. The normalized spacial score (nSPS) is 6.50. The Balaban J connectivity index is 2.80. The Morgan fingerprint density at radius 2 is 1.50 bits per heavy atom. The molecule has 0 aliphatic rings. The average Bonchev–Trinajstić information content (AvgIpc) is 0.811. The molecule has 2 N–H and O–H groups in total. The molecule has 0 aliphatic heterocycles. The summed E-state index contributed by atoms with van der Waals surface area (Å²) in [5, 5.41) is 0. The van der Waals surface area contributed by atoms with Crippen LogP contribution in [0.1, 0.15) is 0 Å². The molecule has 0 spiro atoms. The Hall–Kier alpha value is 0.0200. The van der Waals surface area contributed by atoms with Gasteiger partial charge in [-0.2, -0.15) is 0 Å². The molecule has 0 atom stereocenters. The lowest BCUT2D eigenvalue weighted by Crippen LogP contribution is -1.38. The predicted octanol–water partition coefficient (Wildman–Crippen LogP) is -0.372. The summed E-state index contributed by atoms with van der Waals surface area (Å²) in [5.41, 5.74) is 0. The van der Waals surface area contributed by atoms with Gasteiger partial charge in [0.05, 0.1) is 0 Å². The largest absolute Gasteiger partial charge is 0.692 e. The zero-order valence-corrected chi connectivity index (χ0v) is 2.64. The Labute approximate surface area is 23.8 Å². The molecule has 0 aromatic heterocycles. The molecule has 4 heavy (non-hydrogen) atoms. The smallest absolute Gasteiger partial charge is 0.134 e. The van der Waals surface area contributed by atoms with E-state index in [1.807, 2.05) is 0 Å². The molecule has 0 saturated carbocycles. The Kier molecular flexibility index (Phi) is 1.36. The Bertz CT molecular complexity index is 26.3. The van der Waals surface area contributed by atoms with E-state index in [1.54, 1.807) is 0 Å². The highest BCUT2D eigenvalue weighted by Crippen LogP contribution is 1.98. The van der Waals surface area contributed by atoms with Gasteiger partial charge in [-0.25, -0.2) is 0 Å². The molecule has 0 rings (SSSR count). The van der Waals surface area contributed by atoms with Crippen LogP contribution in [0.4, 0.5) is 0 Å². The Morgan fingerprint density at radius 1 is 1.50 bits per heavy atom. The van der Waals surface area contributed by atoms with Crippen molar-refractivity contribution in [2.45, 2.75) is 0 Å². The summed E-state index contributed by atoms with van der Waals surface area (Å²) in [5.74, 6) is 0. The quantitative estimate of drug-likeness (QED) is 0.391. The van der Waals surface area contributed by atoms with Gasteiger partial charge in [-0.1, -0.05) is 0 Å². The van der Waals surface area contributed by atoms with E-state index in [0.717, 1.165) is 0 Å². The molecule has 0 heterocycles. The minimum Gasteiger partial charge on any atom is -0.134 e. The van der Waals surface area contributed by atoms with Gasteiger partial charge >= 0.3 is 8.25 Å². The van der Waals surface area contributed by atoms with Crippen molar-refractivity contribution in [3.63, 3.8) is 0 Å². The lowest BCUT2D eigenvalue weighted by molar-refractivity contribution is 0.405.